The molecule has 12 aromatic rings. The summed E-state index contributed by atoms with van der Waals surface area (Å²) in [6.07, 6.45) is 0. The number of hydrogen-bond donors (Lipinski definition) is 0. The van der Waals surface area contributed by atoms with Crippen LogP contribution in [-0.2, 0) is 5.41 Å². The molecule has 0 unspecified atom stereocenters. The molecule has 0 saturated heterocycles. The van der Waals surface area contributed by atoms with Crippen LogP contribution in [0.4, 0.5) is 17.1 Å². The highest BCUT2D eigenvalue weighted by atomic mass is 15.1. The first-order valence-corrected chi connectivity index (χ1v) is 23.8. The first-order chi connectivity index (χ1) is 34.3. The maximum absolute atomic E-state index is 2.41. The van der Waals surface area contributed by atoms with Crippen molar-refractivity contribution in [2.75, 3.05) is 4.90 Å². The van der Waals surface area contributed by atoms with Crippen LogP contribution in [0, 0.1) is 0 Å². The number of hydrogen-bond acceptors (Lipinski definition) is 1. The van der Waals surface area contributed by atoms with Crippen molar-refractivity contribution in [3.63, 3.8) is 0 Å². The predicted octanol–water partition coefficient (Wildman–Crippen LogP) is 17.6. The normalized spacial score (nSPS) is 12.5. The predicted molar refractivity (Wildman–Crippen MR) is 289 cm³/mol. The third-order valence-electron chi connectivity index (χ3n) is 14.3. The van der Waals surface area contributed by atoms with E-state index in [-0.39, 0.29) is 0 Å². The van der Waals surface area contributed by atoms with E-state index in [1.165, 1.54) is 94.3 Å². The van der Waals surface area contributed by atoms with Crippen LogP contribution in [0.15, 0.2) is 279 Å². The van der Waals surface area contributed by atoms with Gasteiger partial charge in [0.2, 0.25) is 0 Å². The van der Waals surface area contributed by atoms with E-state index in [2.05, 4.69) is 289 Å². The molecule has 0 N–H and O–H groups in total. The first kappa shape index (κ1) is 40.3. The maximum atomic E-state index is 2.41. The summed E-state index contributed by atoms with van der Waals surface area (Å²) < 4.78 is 2.41. The van der Waals surface area contributed by atoms with Crippen molar-refractivity contribution in [2.24, 2.45) is 0 Å². The van der Waals surface area contributed by atoms with Gasteiger partial charge in [0.05, 0.1) is 22.1 Å². The van der Waals surface area contributed by atoms with Crippen LogP contribution in [0.2, 0.25) is 0 Å². The zero-order valence-corrected chi connectivity index (χ0v) is 38.0. The van der Waals surface area contributed by atoms with E-state index in [1.54, 1.807) is 0 Å². The molecular formula is C67H46N2. The average molecular weight is 879 g/mol. The van der Waals surface area contributed by atoms with E-state index in [4.69, 9.17) is 0 Å². The van der Waals surface area contributed by atoms with E-state index < -0.39 is 5.41 Å². The fourth-order valence-electron chi connectivity index (χ4n) is 11.3. The lowest BCUT2D eigenvalue weighted by atomic mass is 9.67. The van der Waals surface area contributed by atoms with Gasteiger partial charge in [0.15, 0.2) is 0 Å². The van der Waals surface area contributed by atoms with Gasteiger partial charge in [-0.2, -0.15) is 0 Å². The highest BCUT2D eigenvalue weighted by molar-refractivity contribution is 6.09. The number of rotatable bonds is 9. The number of benzene rings is 11. The van der Waals surface area contributed by atoms with Gasteiger partial charge in [0, 0.05) is 33.4 Å². The van der Waals surface area contributed by atoms with Gasteiger partial charge in [-0.15, -0.1) is 0 Å². The molecule has 13 rings (SSSR count). The van der Waals surface area contributed by atoms with Gasteiger partial charge in [-0.05, 0) is 116 Å². The third kappa shape index (κ3) is 6.56. The SMILES string of the molecule is c1ccc(N(c2ccc(-c3ccc(-c4ccccc4-n4c5ccccc5c5ccccc54)cc3)cc2)c2ccc(-c3cccc4c3-c3ccccc3C4(c3ccccc3)c3ccccc3)cc2)cc1. The molecule has 2 nitrogen and oxygen atoms in total. The maximum Gasteiger partial charge on any atom is 0.0713 e. The number of aromatic nitrogens is 1. The summed E-state index contributed by atoms with van der Waals surface area (Å²) in [4.78, 5) is 2.35. The fourth-order valence-corrected chi connectivity index (χ4v) is 11.3. The van der Waals surface area contributed by atoms with Crippen molar-refractivity contribution < 1.29 is 0 Å². The molecule has 69 heavy (non-hydrogen) atoms. The smallest absolute Gasteiger partial charge is 0.0713 e. The molecule has 0 bridgehead atoms. The Hall–Kier alpha value is -8.98. The minimum absolute atomic E-state index is 0.442. The second-order valence-electron chi connectivity index (χ2n) is 18.0. The van der Waals surface area contributed by atoms with Gasteiger partial charge >= 0.3 is 0 Å². The van der Waals surface area contributed by atoms with E-state index in [9.17, 15) is 0 Å². The molecule has 1 aliphatic rings. The van der Waals surface area contributed by atoms with Crippen LogP contribution in [0.5, 0.6) is 0 Å². The number of para-hydroxylation sites is 4. The lowest BCUT2D eigenvalue weighted by molar-refractivity contribution is 0.768. The Kier molecular flexibility index (Phi) is 9.77. The van der Waals surface area contributed by atoms with Gasteiger partial charge in [-0.25, -0.2) is 0 Å². The van der Waals surface area contributed by atoms with Crippen molar-refractivity contribution in [1.82, 2.24) is 4.57 Å². The van der Waals surface area contributed by atoms with Gasteiger partial charge in [-0.1, -0.05) is 224 Å². The Balaban J connectivity index is 0.839. The minimum Gasteiger partial charge on any atom is -0.311 e. The Morgan fingerprint density at radius 2 is 0.681 bits per heavy atom. The monoisotopic (exact) mass is 878 g/mol. The zero-order valence-electron chi connectivity index (χ0n) is 38.0. The topological polar surface area (TPSA) is 8.17 Å². The standard InChI is InChI=1S/C67H46N2/c1-4-19-51(20-5-1)67(52-21-6-2-7-22-52)61-30-14-10-28-60(61)66-57(29-18-31-62(66)67)50-41-45-55(46-42-50)68(53-23-8-3-9-24-53)54-43-39-48(40-44-54)47-35-37-49(38-36-47)56-25-11-15-32-63(56)69-64-33-16-12-26-58(64)59-27-13-17-34-65(59)69/h1-46H. The lowest BCUT2D eigenvalue weighted by Gasteiger charge is -2.34. The quantitative estimate of drug-likeness (QED) is 0.140. The van der Waals surface area contributed by atoms with Crippen LogP contribution in [0.25, 0.3) is 72.0 Å². The first-order valence-electron chi connectivity index (χ1n) is 23.8. The molecule has 11 aromatic carbocycles. The Morgan fingerprint density at radius 3 is 1.29 bits per heavy atom. The van der Waals surface area contributed by atoms with Crippen molar-refractivity contribution in [2.45, 2.75) is 5.41 Å². The van der Waals surface area contributed by atoms with Crippen molar-refractivity contribution in [3.05, 3.63) is 301 Å². The van der Waals surface area contributed by atoms with Crippen LogP contribution < -0.4 is 4.90 Å². The van der Waals surface area contributed by atoms with E-state index in [1.807, 2.05) is 0 Å². The van der Waals surface area contributed by atoms with Gasteiger partial charge in [-0.3, -0.25) is 0 Å². The molecule has 0 spiro atoms. The summed E-state index contributed by atoms with van der Waals surface area (Å²) in [6.45, 7) is 0. The van der Waals surface area contributed by atoms with Crippen LogP contribution in [0.3, 0.4) is 0 Å². The van der Waals surface area contributed by atoms with Crippen molar-refractivity contribution >= 4 is 38.9 Å². The number of fused-ring (bicyclic) bond motifs is 6. The average Bonchev–Trinajstić information content (AvgIpc) is 3.93. The Labute approximate surface area is 403 Å². The molecule has 324 valence electrons. The van der Waals surface area contributed by atoms with Crippen LogP contribution in [-0.4, -0.2) is 4.57 Å². The largest absolute Gasteiger partial charge is 0.311 e. The Morgan fingerprint density at radius 1 is 0.275 bits per heavy atom. The molecule has 1 aromatic heterocycles. The van der Waals surface area contributed by atoms with Crippen LogP contribution in [0.1, 0.15) is 22.3 Å². The third-order valence-corrected chi connectivity index (χ3v) is 14.3. The summed E-state index contributed by atoms with van der Waals surface area (Å²) in [5, 5.41) is 2.53. The summed E-state index contributed by atoms with van der Waals surface area (Å²) >= 11 is 0. The van der Waals surface area contributed by atoms with Gasteiger partial charge in [0.1, 0.15) is 0 Å². The Bertz CT molecular complexity index is 3700. The number of anilines is 3. The highest BCUT2D eigenvalue weighted by Gasteiger charge is 2.46. The van der Waals surface area contributed by atoms with Gasteiger partial charge in [0.25, 0.3) is 0 Å². The lowest BCUT2D eigenvalue weighted by Crippen LogP contribution is -2.28. The van der Waals surface area contributed by atoms with E-state index in [0.717, 1.165) is 17.1 Å². The molecule has 0 amide bonds. The zero-order chi connectivity index (χ0) is 45.7. The van der Waals surface area contributed by atoms with Crippen LogP contribution >= 0.6 is 0 Å². The second-order valence-corrected chi connectivity index (χ2v) is 18.0. The van der Waals surface area contributed by atoms with Crippen molar-refractivity contribution in [3.8, 4) is 50.2 Å². The van der Waals surface area contributed by atoms with E-state index in [0.29, 0.717) is 0 Å². The summed E-state index contributed by atoms with van der Waals surface area (Å²) in [5.41, 5.74) is 21.4. The molecule has 0 atom stereocenters. The molecule has 2 heteroatoms. The molecule has 0 fully saturated rings. The molecule has 1 aliphatic carbocycles. The fraction of sp³-hybridized carbons (Fsp3) is 0.0149. The van der Waals surface area contributed by atoms with Gasteiger partial charge < -0.3 is 9.47 Å². The minimum atomic E-state index is -0.442. The number of nitrogens with zero attached hydrogens (tertiary/aromatic N) is 2. The van der Waals surface area contributed by atoms with E-state index >= 15 is 0 Å². The highest BCUT2D eigenvalue weighted by Crippen LogP contribution is 2.58. The summed E-state index contributed by atoms with van der Waals surface area (Å²) in [5.74, 6) is 0. The molecule has 1 heterocycles. The van der Waals surface area contributed by atoms with Crippen molar-refractivity contribution in [1.29, 1.82) is 0 Å². The molecule has 0 radical (unpaired) electrons. The molecule has 0 aliphatic heterocycles. The second kappa shape index (κ2) is 16.7. The summed E-state index contributed by atoms with van der Waals surface area (Å²) in [6, 6.07) is 102. The molecule has 0 saturated carbocycles. The summed E-state index contributed by atoms with van der Waals surface area (Å²) in [7, 11) is 0. The molecular weight excluding hydrogens is 833 g/mol.